The van der Waals surface area contributed by atoms with Crippen molar-refractivity contribution in [3.63, 3.8) is 0 Å². The molecule has 0 aliphatic carbocycles. The lowest BCUT2D eigenvalue weighted by atomic mass is 9.90. The van der Waals surface area contributed by atoms with Crippen molar-refractivity contribution >= 4 is 11.8 Å². The Morgan fingerprint density at radius 1 is 1.00 bits per heavy atom. The molecule has 154 valence electrons. The van der Waals surface area contributed by atoms with Crippen LogP contribution < -0.4 is 0 Å². The van der Waals surface area contributed by atoms with Gasteiger partial charge in [0.1, 0.15) is 5.82 Å². The summed E-state index contributed by atoms with van der Waals surface area (Å²) in [5, 5.41) is 0. The molecule has 0 aromatic heterocycles. The molecule has 1 saturated heterocycles. The molecular weight excluding hydrogens is 367 g/mol. The third-order valence-electron chi connectivity index (χ3n) is 5.66. The molecule has 4 nitrogen and oxygen atoms in total. The average Bonchev–Trinajstić information content (AvgIpc) is 2.73. The number of hydrogen-bond donors (Lipinski definition) is 0. The van der Waals surface area contributed by atoms with E-state index in [1.165, 1.54) is 24.6 Å². The van der Waals surface area contributed by atoms with Gasteiger partial charge in [-0.2, -0.15) is 0 Å². The zero-order valence-corrected chi connectivity index (χ0v) is 17.0. The van der Waals surface area contributed by atoms with E-state index in [-0.39, 0.29) is 17.6 Å². The molecule has 0 atom stereocenters. The van der Waals surface area contributed by atoms with E-state index in [1.54, 1.807) is 17.0 Å². The highest BCUT2D eigenvalue weighted by molar-refractivity contribution is 5.78. The van der Waals surface area contributed by atoms with Crippen LogP contribution in [0, 0.1) is 11.7 Å². The number of benzene rings is 2. The van der Waals surface area contributed by atoms with Crippen molar-refractivity contribution < 1.29 is 14.0 Å². The van der Waals surface area contributed by atoms with Crippen molar-refractivity contribution in [2.24, 2.45) is 5.92 Å². The largest absolute Gasteiger partial charge is 0.343 e. The van der Waals surface area contributed by atoms with Crippen molar-refractivity contribution in [2.45, 2.75) is 39.2 Å². The summed E-state index contributed by atoms with van der Waals surface area (Å²) >= 11 is 0. The van der Waals surface area contributed by atoms with Crippen LogP contribution in [0.4, 0.5) is 4.39 Å². The first-order valence-corrected chi connectivity index (χ1v) is 10.3. The summed E-state index contributed by atoms with van der Waals surface area (Å²) in [7, 11) is 0. The predicted octanol–water partition coefficient (Wildman–Crippen LogP) is 4.05. The SMILES string of the molecule is CC(=O)N(CCC(=O)N1CCC(Cc2ccccc2)CC1)Cc1ccc(F)cc1. The molecule has 29 heavy (non-hydrogen) atoms. The van der Waals surface area contributed by atoms with Gasteiger partial charge in [0.05, 0.1) is 0 Å². The fraction of sp³-hybridized carbons (Fsp3) is 0.417. The molecular formula is C24H29FN2O2. The van der Waals surface area contributed by atoms with Gasteiger partial charge in [-0.25, -0.2) is 4.39 Å². The fourth-order valence-corrected chi connectivity index (χ4v) is 3.88. The van der Waals surface area contributed by atoms with Gasteiger partial charge < -0.3 is 9.80 Å². The molecule has 2 aromatic carbocycles. The number of amides is 2. The zero-order valence-electron chi connectivity index (χ0n) is 17.0. The van der Waals surface area contributed by atoms with Crippen LogP contribution in [-0.4, -0.2) is 41.2 Å². The van der Waals surface area contributed by atoms with Gasteiger partial charge in [-0.3, -0.25) is 9.59 Å². The number of likely N-dealkylation sites (tertiary alicyclic amines) is 1. The first kappa shape index (κ1) is 21.0. The number of carbonyl (C=O) groups is 2. The van der Waals surface area contributed by atoms with E-state index in [0.717, 1.165) is 37.9 Å². The smallest absolute Gasteiger partial charge is 0.224 e. The molecule has 0 bridgehead atoms. The maximum absolute atomic E-state index is 13.1. The first-order chi connectivity index (χ1) is 14.0. The van der Waals surface area contributed by atoms with Gasteiger partial charge in [0.25, 0.3) is 0 Å². The van der Waals surface area contributed by atoms with Gasteiger partial charge in [-0.15, -0.1) is 0 Å². The number of carbonyl (C=O) groups excluding carboxylic acids is 2. The highest BCUT2D eigenvalue weighted by Crippen LogP contribution is 2.22. The van der Waals surface area contributed by atoms with Gasteiger partial charge >= 0.3 is 0 Å². The number of halogens is 1. The first-order valence-electron chi connectivity index (χ1n) is 10.3. The molecule has 0 unspecified atom stereocenters. The lowest BCUT2D eigenvalue weighted by molar-refractivity contribution is -0.134. The molecule has 1 fully saturated rings. The molecule has 3 rings (SSSR count). The third kappa shape index (κ3) is 6.41. The topological polar surface area (TPSA) is 40.6 Å². The highest BCUT2D eigenvalue weighted by atomic mass is 19.1. The van der Waals surface area contributed by atoms with E-state index < -0.39 is 0 Å². The van der Waals surface area contributed by atoms with Crippen molar-refractivity contribution in [3.05, 3.63) is 71.5 Å². The van der Waals surface area contributed by atoms with Crippen LogP contribution in [0.25, 0.3) is 0 Å². The Kier molecular flexibility index (Phi) is 7.39. The van der Waals surface area contributed by atoms with Gasteiger partial charge in [0, 0.05) is 39.5 Å². The predicted molar refractivity (Wildman–Crippen MR) is 112 cm³/mol. The maximum atomic E-state index is 13.1. The van der Waals surface area contributed by atoms with Crippen LogP contribution >= 0.6 is 0 Å². The van der Waals surface area contributed by atoms with Crippen LogP contribution in [0.5, 0.6) is 0 Å². The second-order valence-corrected chi connectivity index (χ2v) is 7.83. The van der Waals surface area contributed by atoms with Gasteiger partial charge in [0.15, 0.2) is 0 Å². The minimum Gasteiger partial charge on any atom is -0.343 e. The maximum Gasteiger partial charge on any atom is 0.224 e. The second-order valence-electron chi connectivity index (χ2n) is 7.83. The summed E-state index contributed by atoms with van der Waals surface area (Å²) in [6, 6.07) is 16.6. The average molecular weight is 397 g/mol. The van der Waals surface area contributed by atoms with Crippen LogP contribution in [0.2, 0.25) is 0 Å². The van der Waals surface area contributed by atoms with E-state index >= 15 is 0 Å². The normalized spacial score (nSPS) is 14.6. The van der Waals surface area contributed by atoms with Gasteiger partial charge in [-0.05, 0) is 48.4 Å². The van der Waals surface area contributed by atoms with Crippen molar-refractivity contribution in [1.82, 2.24) is 9.80 Å². The Balaban J connectivity index is 1.44. The van der Waals surface area contributed by atoms with Gasteiger partial charge in [-0.1, -0.05) is 42.5 Å². The molecule has 2 amide bonds. The van der Waals surface area contributed by atoms with Crippen molar-refractivity contribution in [1.29, 1.82) is 0 Å². The Hall–Kier alpha value is -2.69. The third-order valence-corrected chi connectivity index (χ3v) is 5.66. The van der Waals surface area contributed by atoms with E-state index in [4.69, 9.17) is 0 Å². The quantitative estimate of drug-likeness (QED) is 0.709. The van der Waals surface area contributed by atoms with E-state index in [9.17, 15) is 14.0 Å². The summed E-state index contributed by atoms with van der Waals surface area (Å²) in [5.41, 5.74) is 2.21. The Morgan fingerprint density at radius 2 is 1.66 bits per heavy atom. The number of hydrogen-bond acceptors (Lipinski definition) is 2. The molecule has 0 spiro atoms. The summed E-state index contributed by atoms with van der Waals surface area (Å²) < 4.78 is 13.1. The molecule has 0 saturated carbocycles. The zero-order chi connectivity index (χ0) is 20.6. The second kappa shape index (κ2) is 10.2. The van der Waals surface area contributed by atoms with Crippen molar-refractivity contribution in [2.75, 3.05) is 19.6 Å². The molecule has 5 heteroatoms. The summed E-state index contributed by atoms with van der Waals surface area (Å²) in [6.45, 7) is 3.85. The monoisotopic (exact) mass is 396 g/mol. The molecule has 1 heterocycles. The molecule has 2 aromatic rings. The number of rotatable bonds is 7. The minimum absolute atomic E-state index is 0.0799. The van der Waals surface area contributed by atoms with Crippen LogP contribution in [0.1, 0.15) is 37.3 Å². The van der Waals surface area contributed by atoms with E-state index in [1.807, 2.05) is 11.0 Å². The van der Waals surface area contributed by atoms with Crippen LogP contribution in [0.3, 0.4) is 0 Å². The minimum atomic E-state index is -0.297. The Bertz CT molecular complexity index is 799. The summed E-state index contributed by atoms with van der Waals surface area (Å²) in [4.78, 5) is 28.1. The lowest BCUT2D eigenvalue weighted by Crippen LogP contribution is -2.41. The Labute approximate surface area is 172 Å². The van der Waals surface area contributed by atoms with E-state index in [2.05, 4.69) is 24.3 Å². The standard InChI is InChI=1S/C24H29FN2O2/c1-19(28)27(18-22-7-9-23(25)10-8-22)16-13-24(29)26-14-11-21(12-15-26)17-20-5-3-2-4-6-20/h2-10,21H,11-18H2,1H3. The molecule has 1 aliphatic heterocycles. The molecule has 0 N–H and O–H groups in total. The lowest BCUT2D eigenvalue weighted by Gasteiger charge is -2.33. The van der Waals surface area contributed by atoms with Crippen LogP contribution in [0.15, 0.2) is 54.6 Å². The van der Waals surface area contributed by atoms with E-state index in [0.29, 0.717) is 25.4 Å². The molecule has 0 radical (unpaired) electrons. The van der Waals surface area contributed by atoms with Gasteiger partial charge in [0.2, 0.25) is 11.8 Å². The van der Waals surface area contributed by atoms with Crippen LogP contribution in [-0.2, 0) is 22.6 Å². The number of piperidine rings is 1. The Morgan fingerprint density at radius 3 is 2.28 bits per heavy atom. The van der Waals surface area contributed by atoms with Crippen molar-refractivity contribution in [3.8, 4) is 0 Å². The summed E-state index contributed by atoms with van der Waals surface area (Å²) in [5.74, 6) is 0.347. The highest BCUT2D eigenvalue weighted by Gasteiger charge is 2.23. The summed E-state index contributed by atoms with van der Waals surface area (Å²) in [6.07, 6.45) is 3.43. The fourth-order valence-electron chi connectivity index (χ4n) is 3.88. The number of nitrogens with zero attached hydrogens (tertiary/aromatic N) is 2. The molecule has 1 aliphatic rings.